The Bertz CT molecular complexity index is 866. The SMILES string of the molecule is COc1ccc2c3c1O[C@H]1C[C@@H](OC(=O)OCCN4CCCC4)C=C[C@@]31CCN(C)C2. The number of nitrogens with zero attached hydrogens (tertiary/aromatic N) is 2. The highest BCUT2D eigenvalue weighted by Crippen LogP contribution is 2.55. The molecule has 1 aliphatic carbocycles. The summed E-state index contributed by atoms with van der Waals surface area (Å²) in [6.07, 6.45) is 7.22. The van der Waals surface area contributed by atoms with Crippen molar-refractivity contribution in [2.24, 2.45) is 0 Å². The fourth-order valence-electron chi connectivity index (χ4n) is 5.57. The number of methoxy groups -OCH3 is 1. The summed E-state index contributed by atoms with van der Waals surface area (Å²) in [5, 5.41) is 0. The number of ether oxygens (including phenoxy) is 4. The molecule has 0 bridgehead atoms. The first-order valence-corrected chi connectivity index (χ1v) is 11.4. The number of carbonyl (C=O) groups is 1. The lowest BCUT2D eigenvalue weighted by molar-refractivity contribution is 0.0108. The average molecular weight is 429 g/mol. The van der Waals surface area contributed by atoms with Crippen molar-refractivity contribution in [3.63, 3.8) is 0 Å². The smallest absolute Gasteiger partial charge is 0.493 e. The molecule has 31 heavy (non-hydrogen) atoms. The van der Waals surface area contributed by atoms with Gasteiger partial charge in [-0.05, 0) is 63.7 Å². The lowest BCUT2D eigenvalue weighted by atomic mass is 9.69. The zero-order chi connectivity index (χ0) is 21.4. The van der Waals surface area contributed by atoms with E-state index in [2.05, 4.69) is 29.0 Å². The van der Waals surface area contributed by atoms with Gasteiger partial charge in [0, 0.05) is 25.1 Å². The minimum absolute atomic E-state index is 0.0866. The summed E-state index contributed by atoms with van der Waals surface area (Å²) in [6.45, 7) is 5.19. The average Bonchev–Trinajstić information content (AvgIpc) is 3.35. The molecule has 0 amide bonds. The summed E-state index contributed by atoms with van der Waals surface area (Å²) in [7, 11) is 3.83. The van der Waals surface area contributed by atoms with Crippen LogP contribution in [0, 0.1) is 0 Å². The minimum Gasteiger partial charge on any atom is -0.493 e. The van der Waals surface area contributed by atoms with Crippen molar-refractivity contribution in [1.82, 2.24) is 9.80 Å². The lowest BCUT2D eigenvalue weighted by Gasteiger charge is -2.36. The predicted octanol–water partition coefficient (Wildman–Crippen LogP) is 3.11. The van der Waals surface area contributed by atoms with Crippen LogP contribution in [0.5, 0.6) is 11.5 Å². The van der Waals surface area contributed by atoms with Gasteiger partial charge in [-0.2, -0.15) is 0 Å². The third-order valence-corrected chi connectivity index (χ3v) is 7.20. The summed E-state index contributed by atoms with van der Waals surface area (Å²) in [5.41, 5.74) is 2.32. The van der Waals surface area contributed by atoms with Crippen LogP contribution in [0.4, 0.5) is 4.79 Å². The van der Waals surface area contributed by atoms with Gasteiger partial charge in [-0.25, -0.2) is 4.79 Å². The second kappa shape index (κ2) is 8.36. The highest BCUT2D eigenvalue weighted by molar-refractivity contribution is 5.62. The largest absolute Gasteiger partial charge is 0.508 e. The maximum atomic E-state index is 12.2. The van der Waals surface area contributed by atoms with Crippen molar-refractivity contribution in [1.29, 1.82) is 0 Å². The predicted molar refractivity (Wildman–Crippen MR) is 116 cm³/mol. The molecule has 168 valence electrons. The number of carbonyl (C=O) groups excluding carboxylic acids is 1. The molecule has 1 aromatic carbocycles. The van der Waals surface area contributed by atoms with Crippen LogP contribution < -0.4 is 9.47 Å². The van der Waals surface area contributed by atoms with E-state index in [0.29, 0.717) is 13.0 Å². The standard InChI is InChI=1S/C24H32N2O5/c1-25-12-9-24-8-7-18(30-23(27)29-14-13-26-10-3-4-11-26)15-20(24)31-22-19(28-2)6-5-17(16-25)21(22)24/h5-8,18,20H,3-4,9-16H2,1-2H3/t18-,20-,24-/m0/s1. The van der Waals surface area contributed by atoms with Gasteiger partial charge < -0.3 is 23.8 Å². The zero-order valence-corrected chi connectivity index (χ0v) is 18.5. The first kappa shape index (κ1) is 20.6. The van der Waals surface area contributed by atoms with Gasteiger partial charge in [-0.15, -0.1) is 0 Å². The van der Waals surface area contributed by atoms with Gasteiger partial charge in [0.2, 0.25) is 0 Å². The Morgan fingerprint density at radius 1 is 1.26 bits per heavy atom. The molecule has 3 aliphatic heterocycles. The van der Waals surface area contributed by atoms with E-state index in [4.69, 9.17) is 18.9 Å². The first-order chi connectivity index (χ1) is 15.1. The number of likely N-dealkylation sites (tertiary alicyclic amines) is 1. The number of rotatable bonds is 5. The Hall–Kier alpha value is -2.25. The van der Waals surface area contributed by atoms with Crippen molar-refractivity contribution in [3.8, 4) is 11.5 Å². The molecule has 5 rings (SSSR count). The maximum absolute atomic E-state index is 12.2. The topological polar surface area (TPSA) is 60.5 Å². The number of hydrogen-bond donors (Lipinski definition) is 0. The van der Waals surface area contributed by atoms with Crippen molar-refractivity contribution >= 4 is 6.16 Å². The van der Waals surface area contributed by atoms with Crippen LogP contribution in [0.15, 0.2) is 24.3 Å². The number of hydrogen-bond acceptors (Lipinski definition) is 7. The van der Waals surface area contributed by atoms with E-state index in [9.17, 15) is 4.79 Å². The van der Waals surface area contributed by atoms with Crippen molar-refractivity contribution in [2.45, 2.75) is 49.9 Å². The molecule has 4 aliphatic rings. The fraction of sp³-hybridized carbons (Fsp3) is 0.625. The van der Waals surface area contributed by atoms with Crippen LogP contribution in [0.3, 0.4) is 0 Å². The molecular weight excluding hydrogens is 396 g/mol. The Morgan fingerprint density at radius 3 is 2.90 bits per heavy atom. The van der Waals surface area contributed by atoms with Gasteiger partial charge >= 0.3 is 6.16 Å². The summed E-state index contributed by atoms with van der Waals surface area (Å²) < 4.78 is 23.0. The van der Waals surface area contributed by atoms with E-state index in [1.54, 1.807) is 7.11 Å². The Kier molecular flexibility index (Phi) is 5.56. The van der Waals surface area contributed by atoms with Crippen molar-refractivity contribution in [3.05, 3.63) is 35.4 Å². The van der Waals surface area contributed by atoms with Crippen molar-refractivity contribution in [2.75, 3.05) is 46.9 Å². The summed E-state index contributed by atoms with van der Waals surface area (Å²) in [4.78, 5) is 16.9. The normalized spacial score (nSPS) is 29.6. The van der Waals surface area contributed by atoms with Gasteiger partial charge in [-0.1, -0.05) is 12.1 Å². The molecule has 0 radical (unpaired) electrons. The molecule has 7 nitrogen and oxygen atoms in total. The molecular formula is C24H32N2O5. The Labute approximate surface area is 183 Å². The second-order valence-electron chi connectivity index (χ2n) is 9.16. The van der Waals surface area contributed by atoms with Crippen LogP contribution >= 0.6 is 0 Å². The van der Waals surface area contributed by atoms with Gasteiger partial charge in [0.1, 0.15) is 18.8 Å². The van der Waals surface area contributed by atoms with Crippen LogP contribution in [0.2, 0.25) is 0 Å². The Balaban J connectivity index is 1.29. The quantitative estimate of drug-likeness (QED) is 0.528. The molecule has 3 atom stereocenters. The lowest BCUT2D eigenvalue weighted by Crippen LogP contribution is -2.43. The highest BCUT2D eigenvalue weighted by atomic mass is 16.7. The summed E-state index contributed by atoms with van der Waals surface area (Å²) in [6, 6.07) is 4.15. The van der Waals surface area contributed by atoms with Gasteiger partial charge in [0.05, 0.1) is 12.5 Å². The highest BCUT2D eigenvalue weighted by Gasteiger charge is 2.53. The molecule has 1 spiro atoms. The summed E-state index contributed by atoms with van der Waals surface area (Å²) >= 11 is 0. The third-order valence-electron chi connectivity index (χ3n) is 7.20. The van der Waals surface area contributed by atoms with Gasteiger partial charge in [0.25, 0.3) is 0 Å². The molecule has 0 unspecified atom stereocenters. The van der Waals surface area contributed by atoms with E-state index in [-0.39, 0.29) is 17.6 Å². The molecule has 0 saturated carbocycles. The Morgan fingerprint density at radius 2 is 2.10 bits per heavy atom. The van der Waals surface area contributed by atoms with Crippen LogP contribution in [-0.2, 0) is 21.4 Å². The molecule has 1 aromatic rings. The van der Waals surface area contributed by atoms with E-state index in [1.165, 1.54) is 24.0 Å². The minimum atomic E-state index is -0.598. The van der Waals surface area contributed by atoms with Crippen LogP contribution in [0.25, 0.3) is 0 Å². The zero-order valence-electron chi connectivity index (χ0n) is 18.5. The second-order valence-corrected chi connectivity index (χ2v) is 9.16. The van der Waals surface area contributed by atoms with Gasteiger partial charge in [0.15, 0.2) is 11.5 Å². The van der Waals surface area contributed by atoms with Crippen LogP contribution in [-0.4, -0.2) is 75.1 Å². The van der Waals surface area contributed by atoms with E-state index in [0.717, 1.165) is 50.6 Å². The molecule has 1 saturated heterocycles. The van der Waals surface area contributed by atoms with Gasteiger partial charge in [-0.3, -0.25) is 4.90 Å². The summed E-state index contributed by atoms with van der Waals surface area (Å²) in [5.74, 6) is 1.61. The maximum Gasteiger partial charge on any atom is 0.508 e. The van der Waals surface area contributed by atoms with E-state index >= 15 is 0 Å². The molecule has 0 aromatic heterocycles. The number of benzene rings is 1. The van der Waals surface area contributed by atoms with Crippen LogP contribution in [0.1, 0.15) is 36.8 Å². The molecule has 1 fully saturated rings. The molecule has 0 N–H and O–H groups in total. The molecule has 7 heteroatoms. The fourth-order valence-corrected chi connectivity index (χ4v) is 5.57. The molecule has 3 heterocycles. The third kappa shape index (κ3) is 3.78. The monoisotopic (exact) mass is 428 g/mol. The van der Waals surface area contributed by atoms with E-state index < -0.39 is 6.16 Å². The van der Waals surface area contributed by atoms with E-state index in [1.807, 2.05) is 12.1 Å². The van der Waals surface area contributed by atoms with Crippen molar-refractivity contribution < 1.29 is 23.7 Å². The first-order valence-electron chi connectivity index (χ1n) is 11.4.